The van der Waals surface area contributed by atoms with Crippen LogP contribution in [0.2, 0.25) is 0 Å². The van der Waals surface area contributed by atoms with Crippen molar-refractivity contribution >= 4 is 0 Å². The Morgan fingerprint density at radius 3 is 1.68 bits per heavy atom. The zero-order valence-corrected chi connectivity index (χ0v) is 17.3. The van der Waals surface area contributed by atoms with E-state index in [-0.39, 0.29) is 17.7 Å². The number of alkyl halides is 5. The summed E-state index contributed by atoms with van der Waals surface area (Å²) in [5.41, 5.74) is -0.591. The molecule has 0 N–H and O–H groups in total. The number of hydrogen-bond donors (Lipinski definition) is 0. The molecule has 3 aromatic rings. The van der Waals surface area contributed by atoms with Crippen LogP contribution < -0.4 is 9.47 Å². The second-order valence-corrected chi connectivity index (χ2v) is 7.14. The Bertz CT molecular complexity index is 1130. The van der Waals surface area contributed by atoms with Crippen LogP contribution in [0.1, 0.15) is 24.5 Å². The van der Waals surface area contributed by atoms with Crippen LogP contribution in [0.3, 0.4) is 0 Å². The molecule has 3 rings (SSSR count). The van der Waals surface area contributed by atoms with E-state index >= 15 is 0 Å². The molecule has 0 spiro atoms. The molecule has 0 saturated carbocycles. The van der Waals surface area contributed by atoms with Gasteiger partial charge in [-0.1, -0.05) is 37.6 Å². The predicted molar refractivity (Wildman–Crippen MR) is 103 cm³/mol. The summed E-state index contributed by atoms with van der Waals surface area (Å²) >= 11 is 0. The van der Waals surface area contributed by atoms with Crippen LogP contribution in [0.25, 0.3) is 11.1 Å². The Morgan fingerprint density at radius 2 is 1.21 bits per heavy atom. The molecule has 11 heteroatoms. The van der Waals surface area contributed by atoms with E-state index in [2.05, 4.69) is 9.47 Å². The third-order valence-electron chi connectivity index (χ3n) is 4.59. The molecule has 182 valence electrons. The zero-order valence-electron chi connectivity index (χ0n) is 17.3. The Morgan fingerprint density at radius 1 is 0.676 bits per heavy atom. The third-order valence-corrected chi connectivity index (χ3v) is 4.59. The van der Waals surface area contributed by atoms with Gasteiger partial charge in [-0.15, -0.1) is 13.2 Å². The normalized spacial score (nSPS) is 12.1. The topological polar surface area (TPSA) is 18.5 Å². The largest absolute Gasteiger partial charge is 0.573 e. The van der Waals surface area contributed by atoms with E-state index in [9.17, 15) is 39.5 Å². The molecule has 3 aromatic carbocycles. The lowest BCUT2D eigenvalue weighted by molar-refractivity contribution is -0.276. The van der Waals surface area contributed by atoms with Gasteiger partial charge in [0.1, 0.15) is 22.9 Å². The molecule has 0 bridgehead atoms. The molecular weight excluding hydrogens is 479 g/mol. The van der Waals surface area contributed by atoms with Crippen molar-refractivity contribution in [2.24, 2.45) is 0 Å². The lowest BCUT2D eigenvalue weighted by atomic mass is 10.00. The van der Waals surface area contributed by atoms with Crippen molar-refractivity contribution in [3.8, 4) is 22.6 Å². The van der Waals surface area contributed by atoms with Crippen LogP contribution in [0, 0.1) is 23.3 Å². The van der Waals surface area contributed by atoms with E-state index in [1.165, 1.54) is 0 Å². The second-order valence-electron chi connectivity index (χ2n) is 7.14. The SMILES string of the molecule is CCCc1ccc(-c2cc(F)c(C(F)(F)Oc3cc(F)c(OC(F)(F)F)c(F)c3)c(F)c2)cc1. The first-order valence-corrected chi connectivity index (χ1v) is 9.71. The van der Waals surface area contributed by atoms with Crippen molar-refractivity contribution < 1.29 is 49.0 Å². The van der Waals surface area contributed by atoms with Crippen molar-refractivity contribution in [2.45, 2.75) is 32.2 Å². The number of ether oxygens (including phenoxy) is 2. The van der Waals surface area contributed by atoms with Gasteiger partial charge in [-0.2, -0.15) is 8.78 Å². The molecule has 0 amide bonds. The van der Waals surface area contributed by atoms with Crippen LogP contribution in [-0.2, 0) is 12.5 Å². The number of halogens is 9. The Hall–Kier alpha value is -3.37. The summed E-state index contributed by atoms with van der Waals surface area (Å²) in [6, 6.07) is 7.73. The highest BCUT2D eigenvalue weighted by Gasteiger charge is 2.42. The van der Waals surface area contributed by atoms with Gasteiger partial charge in [-0.05, 0) is 35.2 Å². The standard InChI is InChI=1S/C23H15F9O2/c1-2-3-12-4-6-13(7-5-12)14-8-16(24)20(17(25)9-14)22(28,29)33-15-10-18(26)21(19(27)11-15)34-23(30,31)32/h4-11H,2-3H2,1H3. The van der Waals surface area contributed by atoms with Gasteiger partial charge in [-0.25, -0.2) is 17.6 Å². The van der Waals surface area contributed by atoms with Crippen molar-refractivity contribution in [1.82, 2.24) is 0 Å². The van der Waals surface area contributed by atoms with E-state index in [1.54, 1.807) is 24.3 Å². The molecule has 0 aliphatic heterocycles. The maximum absolute atomic E-state index is 14.5. The first kappa shape index (κ1) is 25.3. The van der Waals surface area contributed by atoms with E-state index in [1.807, 2.05) is 6.92 Å². The van der Waals surface area contributed by atoms with E-state index in [0.29, 0.717) is 17.7 Å². The van der Waals surface area contributed by atoms with Crippen molar-refractivity contribution in [3.05, 3.63) is 82.9 Å². The summed E-state index contributed by atoms with van der Waals surface area (Å²) in [5.74, 6) is -10.7. The molecule has 0 aliphatic rings. The average molecular weight is 494 g/mol. The summed E-state index contributed by atoms with van der Waals surface area (Å²) in [5, 5.41) is 0. The summed E-state index contributed by atoms with van der Waals surface area (Å²) in [6.45, 7) is 1.97. The maximum atomic E-state index is 14.5. The zero-order chi connectivity index (χ0) is 25.3. The molecule has 2 nitrogen and oxygen atoms in total. The van der Waals surface area contributed by atoms with Crippen LogP contribution in [0.4, 0.5) is 39.5 Å². The van der Waals surface area contributed by atoms with Crippen molar-refractivity contribution in [1.29, 1.82) is 0 Å². The molecular formula is C23H15F9O2. The molecule has 0 atom stereocenters. The average Bonchev–Trinajstić information content (AvgIpc) is 2.70. The predicted octanol–water partition coefficient (Wildman–Crippen LogP) is 7.89. The number of aryl methyl sites for hydroxylation is 1. The summed E-state index contributed by atoms with van der Waals surface area (Å²) in [7, 11) is 0. The highest BCUT2D eigenvalue weighted by atomic mass is 19.4. The second kappa shape index (κ2) is 9.47. The van der Waals surface area contributed by atoms with Crippen LogP contribution >= 0.6 is 0 Å². The number of hydrogen-bond acceptors (Lipinski definition) is 2. The van der Waals surface area contributed by atoms with E-state index in [4.69, 9.17) is 0 Å². The summed E-state index contributed by atoms with van der Waals surface area (Å²) in [4.78, 5) is 0. The molecule has 0 radical (unpaired) electrons. The quantitative estimate of drug-likeness (QED) is 0.311. The van der Waals surface area contributed by atoms with Crippen molar-refractivity contribution in [3.63, 3.8) is 0 Å². The fourth-order valence-corrected chi connectivity index (χ4v) is 3.18. The van der Waals surface area contributed by atoms with Gasteiger partial charge in [0.15, 0.2) is 11.6 Å². The summed E-state index contributed by atoms with van der Waals surface area (Å²) < 4.78 is 129. The Kier molecular flexibility index (Phi) is 7.04. The van der Waals surface area contributed by atoms with Gasteiger partial charge in [-0.3, -0.25) is 0 Å². The fourth-order valence-electron chi connectivity index (χ4n) is 3.18. The molecule has 0 heterocycles. The van der Waals surface area contributed by atoms with Gasteiger partial charge in [0.05, 0.1) is 0 Å². The molecule has 0 aromatic heterocycles. The minimum Gasteiger partial charge on any atom is -0.429 e. The Labute approximate surface area is 187 Å². The molecule has 34 heavy (non-hydrogen) atoms. The van der Waals surface area contributed by atoms with Crippen molar-refractivity contribution in [2.75, 3.05) is 0 Å². The van der Waals surface area contributed by atoms with Gasteiger partial charge in [0.25, 0.3) is 0 Å². The number of rotatable bonds is 7. The van der Waals surface area contributed by atoms with Gasteiger partial charge in [0, 0.05) is 12.1 Å². The number of benzene rings is 3. The monoisotopic (exact) mass is 494 g/mol. The van der Waals surface area contributed by atoms with E-state index < -0.39 is 52.8 Å². The van der Waals surface area contributed by atoms with Crippen LogP contribution in [0.5, 0.6) is 11.5 Å². The van der Waals surface area contributed by atoms with Gasteiger partial charge in [0.2, 0.25) is 5.75 Å². The molecule has 0 unspecified atom stereocenters. The lowest BCUT2D eigenvalue weighted by Gasteiger charge is -2.20. The Balaban J connectivity index is 1.90. The lowest BCUT2D eigenvalue weighted by Crippen LogP contribution is -2.25. The highest BCUT2D eigenvalue weighted by molar-refractivity contribution is 5.64. The molecule has 0 saturated heterocycles. The smallest absolute Gasteiger partial charge is 0.429 e. The molecule has 0 aliphatic carbocycles. The summed E-state index contributed by atoms with van der Waals surface area (Å²) in [6.07, 6.45) is -8.59. The highest BCUT2D eigenvalue weighted by Crippen LogP contribution is 2.39. The molecule has 0 fully saturated rings. The van der Waals surface area contributed by atoms with Gasteiger partial charge >= 0.3 is 12.5 Å². The minimum atomic E-state index is -5.46. The first-order valence-electron chi connectivity index (χ1n) is 9.71. The third kappa shape index (κ3) is 5.75. The van der Waals surface area contributed by atoms with Crippen LogP contribution in [-0.4, -0.2) is 6.36 Å². The van der Waals surface area contributed by atoms with Gasteiger partial charge < -0.3 is 9.47 Å². The van der Waals surface area contributed by atoms with E-state index in [0.717, 1.165) is 18.4 Å². The fraction of sp³-hybridized carbons (Fsp3) is 0.217. The maximum Gasteiger partial charge on any atom is 0.573 e. The van der Waals surface area contributed by atoms with Crippen LogP contribution in [0.15, 0.2) is 48.5 Å². The first-order chi connectivity index (χ1) is 15.8. The minimum absolute atomic E-state index is 0.0416.